The third kappa shape index (κ3) is 3.37. The monoisotopic (exact) mass is 255 g/mol. The summed E-state index contributed by atoms with van der Waals surface area (Å²) in [6.07, 6.45) is 3.81. The topological polar surface area (TPSA) is 67.1 Å². The molecular formula is C11H21N5S. The molecule has 3 N–H and O–H groups in total. The van der Waals surface area contributed by atoms with Crippen molar-refractivity contribution in [1.29, 1.82) is 0 Å². The minimum atomic E-state index is 0.476. The molecule has 96 valence electrons. The maximum absolute atomic E-state index is 5.44. The van der Waals surface area contributed by atoms with Crippen molar-refractivity contribution in [2.75, 3.05) is 18.5 Å². The number of likely N-dealkylation sites (tertiary alicyclic amines) is 1. The first-order chi connectivity index (χ1) is 8.11. The molecule has 0 aromatic carbocycles. The van der Waals surface area contributed by atoms with E-state index in [1.165, 1.54) is 30.8 Å². The van der Waals surface area contributed by atoms with Crippen LogP contribution in [0.2, 0.25) is 0 Å². The van der Waals surface area contributed by atoms with Crippen molar-refractivity contribution in [3.63, 3.8) is 0 Å². The highest BCUT2D eigenvalue weighted by atomic mass is 32.1. The van der Waals surface area contributed by atoms with Crippen LogP contribution in [0.3, 0.4) is 0 Å². The molecule has 0 radical (unpaired) electrons. The Morgan fingerprint density at radius 1 is 1.41 bits per heavy atom. The van der Waals surface area contributed by atoms with Gasteiger partial charge in [0.2, 0.25) is 0 Å². The Hall–Kier alpha value is -0.720. The highest BCUT2D eigenvalue weighted by Crippen LogP contribution is 2.30. The normalized spacial score (nSPS) is 21.1. The van der Waals surface area contributed by atoms with Crippen molar-refractivity contribution in [1.82, 2.24) is 14.5 Å². The van der Waals surface area contributed by atoms with E-state index in [1.807, 2.05) is 0 Å². The van der Waals surface area contributed by atoms with Crippen molar-refractivity contribution >= 4 is 16.5 Å². The molecule has 2 heterocycles. The van der Waals surface area contributed by atoms with E-state index in [4.69, 9.17) is 5.84 Å². The highest BCUT2D eigenvalue weighted by Gasteiger charge is 2.23. The Labute approximate surface area is 107 Å². The van der Waals surface area contributed by atoms with Gasteiger partial charge in [0, 0.05) is 18.1 Å². The zero-order chi connectivity index (χ0) is 12.3. The van der Waals surface area contributed by atoms with Crippen molar-refractivity contribution in [3.05, 3.63) is 5.69 Å². The van der Waals surface area contributed by atoms with Gasteiger partial charge in [-0.05, 0) is 37.8 Å². The molecule has 1 aromatic rings. The molecule has 0 amide bonds. The first-order valence-corrected chi connectivity index (χ1v) is 6.88. The van der Waals surface area contributed by atoms with E-state index in [-0.39, 0.29) is 0 Å². The zero-order valence-electron chi connectivity index (χ0n) is 10.6. The van der Waals surface area contributed by atoms with Crippen LogP contribution in [0.15, 0.2) is 0 Å². The maximum Gasteiger partial charge on any atom is 0.148 e. The Bertz CT molecular complexity index is 362. The highest BCUT2D eigenvalue weighted by molar-refractivity contribution is 7.10. The number of nitrogens with one attached hydrogen (secondary N) is 1. The van der Waals surface area contributed by atoms with Gasteiger partial charge in [0.1, 0.15) is 10.7 Å². The van der Waals surface area contributed by atoms with Crippen LogP contribution in [0, 0.1) is 5.41 Å². The second-order valence-electron chi connectivity index (χ2n) is 5.49. The van der Waals surface area contributed by atoms with Crippen LogP contribution in [-0.4, -0.2) is 27.6 Å². The molecule has 17 heavy (non-hydrogen) atoms. The van der Waals surface area contributed by atoms with Gasteiger partial charge in [0.25, 0.3) is 0 Å². The van der Waals surface area contributed by atoms with Crippen LogP contribution < -0.4 is 11.3 Å². The number of anilines is 1. The van der Waals surface area contributed by atoms with E-state index < -0.39 is 0 Å². The summed E-state index contributed by atoms with van der Waals surface area (Å²) in [6.45, 7) is 7.84. The van der Waals surface area contributed by atoms with Gasteiger partial charge in [-0.2, -0.15) is 0 Å². The molecule has 2 rings (SSSR count). The fourth-order valence-corrected chi connectivity index (χ4v) is 2.75. The predicted molar refractivity (Wildman–Crippen MR) is 70.6 cm³/mol. The maximum atomic E-state index is 5.44. The summed E-state index contributed by atoms with van der Waals surface area (Å²) in [7, 11) is 0. The van der Waals surface area contributed by atoms with Crippen molar-refractivity contribution in [2.45, 2.75) is 39.7 Å². The summed E-state index contributed by atoms with van der Waals surface area (Å²) < 4.78 is 3.93. The van der Waals surface area contributed by atoms with Crippen LogP contribution in [0.1, 0.15) is 38.8 Å². The average Bonchev–Trinajstić information content (AvgIpc) is 2.65. The minimum absolute atomic E-state index is 0.476. The van der Waals surface area contributed by atoms with Crippen LogP contribution in [-0.2, 0) is 6.54 Å². The summed E-state index contributed by atoms with van der Waals surface area (Å²) in [5, 5.41) is 5.02. The molecule has 1 saturated heterocycles. The molecule has 5 nitrogen and oxygen atoms in total. The Balaban J connectivity index is 1.95. The molecule has 1 aliphatic rings. The smallest absolute Gasteiger partial charge is 0.148 e. The lowest BCUT2D eigenvalue weighted by molar-refractivity contribution is 0.253. The molecule has 1 aliphatic heterocycles. The second-order valence-corrected chi connectivity index (χ2v) is 6.24. The summed E-state index contributed by atoms with van der Waals surface area (Å²) in [6, 6.07) is 0. The number of rotatable bonds is 3. The Kier molecular flexibility index (Phi) is 3.96. The van der Waals surface area contributed by atoms with Crippen LogP contribution in [0.25, 0.3) is 0 Å². The molecule has 1 fully saturated rings. The molecule has 0 bridgehead atoms. The first kappa shape index (κ1) is 12.7. The molecule has 0 aliphatic carbocycles. The third-order valence-electron chi connectivity index (χ3n) is 3.49. The Morgan fingerprint density at radius 3 is 3.00 bits per heavy atom. The summed E-state index contributed by atoms with van der Waals surface area (Å²) in [4.78, 5) is 2.45. The molecule has 0 saturated carbocycles. The molecular weight excluding hydrogens is 234 g/mol. The van der Waals surface area contributed by atoms with Crippen molar-refractivity contribution in [3.8, 4) is 0 Å². The van der Waals surface area contributed by atoms with E-state index in [2.05, 4.69) is 33.8 Å². The fourth-order valence-electron chi connectivity index (χ4n) is 2.27. The van der Waals surface area contributed by atoms with Gasteiger partial charge in [-0.15, -0.1) is 5.10 Å². The second kappa shape index (κ2) is 5.29. The lowest BCUT2D eigenvalue weighted by atomic mass is 9.85. The van der Waals surface area contributed by atoms with Crippen molar-refractivity contribution in [2.24, 2.45) is 11.3 Å². The van der Waals surface area contributed by atoms with Gasteiger partial charge >= 0.3 is 0 Å². The number of hydrogen-bond acceptors (Lipinski definition) is 6. The van der Waals surface area contributed by atoms with Crippen molar-refractivity contribution < 1.29 is 0 Å². The van der Waals surface area contributed by atoms with E-state index in [0.717, 1.165) is 30.3 Å². The van der Waals surface area contributed by atoms with E-state index in [0.29, 0.717) is 5.41 Å². The standard InChI is InChI=1S/C11H21N5S/c1-11(2)4-3-6-16(7-5-11)8-9-10(13-12)17-15-14-9/h13H,3-8,12H2,1-2H3. The van der Waals surface area contributed by atoms with Gasteiger partial charge < -0.3 is 5.43 Å². The summed E-state index contributed by atoms with van der Waals surface area (Å²) in [5.74, 6) is 5.44. The molecule has 6 heteroatoms. The van der Waals surface area contributed by atoms with Gasteiger partial charge in [0.15, 0.2) is 0 Å². The largest absolute Gasteiger partial charge is 0.313 e. The lowest BCUT2D eigenvalue weighted by Gasteiger charge is -2.22. The van der Waals surface area contributed by atoms with Crippen LogP contribution in [0.4, 0.5) is 5.00 Å². The van der Waals surface area contributed by atoms with Gasteiger partial charge in [0.05, 0.1) is 0 Å². The molecule has 0 unspecified atom stereocenters. The number of nitrogen functional groups attached to an aromatic ring is 1. The number of nitrogens with two attached hydrogens (primary N) is 1. The molecule has 1 aromatic heterocycles. The van der Waals surface area contributed by atoms with Gasteiger partial charge in [-0.3, -0.25) is 4.90 Å². The van der Waals surface area contributed by atoms with E-state index in [1.54, 1.807) is 0 Å². The third-order valence-corrected chi connectivity index (χ3v) is 4.19. The number of hydrazine groups is 1. The lowest BCUT2D eigenvalue weighted by Crippen LogP contribution is -2.26. The van der Waals surface area contributed by atoms with Gasteiger partial charge in [-0.25, -0.2) is 5.84 Å². The first-order valence-electron chi connectivity index (χ1n) is 6.11. The van der Waals surface area contributed by atoms with E-state index >= 15 is 0 Å². The van der Waals surface area contributed by atoms with E-state index in [9.17, 15) is 0 Å². The predicted octanol–water partition coefficient (Wildman–Crippen LogP) is 1.84. The minimum Gasteiger partial charge on any atom is -0.313 e. The number of hydrogen-bond donors (Lipinski definition) is 2. The average molecular weight is 255 g/mol. The molecule has 0 atom stereocenters. The summed E-state index contributed by atoms with van der Waals surface area (Å²) >= 11 is 1.32. The summed E-state index contributed by atoms with van der Waals surface area (Å²) in [5.41, 5.74) is 4.11. The van der Waals surface area contributed by atoms with Crippen LogP contribution in [0.5, 0.6) is 0 Å². The zero-order valence-corrected chi connectivity index (χ0v) is 11.4. The number of aromatic nitrogens is 2. The number of nitrogens with zero attached hydrogens (tertiary/aromatic N) is 3. The SMILES string of the molecule is CC1(C)CCCN(Cc2nnsc2NN)CC1. The quantitative estimate of drug-likeness (QED) is 0.637. The van der Waals surface area contributed by atoms with Crippen LogP contribution >= 0.6 is 11.5 Å². The molecule has 0 spiro atoms. The Morgan fingerprint density at radius 2 is 2.24 bits per heavy atom. The van der Waals surface area contributed by atoms with Gasteiger partial charge in [-0.1, -0.05) is 18.3 Å². The fraction of sp³-hybridized carbons (Fsp3) is 0.818.